The number of halogens is 1. The van der Waals surface area contributed by atoms with Gasteiger partial charge >= 0.3 is 5.97 Å². The van der Waals surface area contributed by atoms with Crippen molar-refractivity contribution >= 4 is 40.4 Å². The van der Waals surface area contributed by atoms with Gasteiger partial charge in [-0.25, -0.2) is 9.79 Å². The number of methoxy groups -OCH3 is 1. The lowest BCUT2D eigenvalue weighted by atomic mass is 9.94. The van der Waals surface area contributed by atoms with Gasteiger partial charge in [0.05, 0.1) is 24.4 Å². The summed E-state index contributed by atoms with van der Waals surface area (Å²) in [6.45, 7) is 1.76. The number of carbonyl (C=O) groups excluding carboxylic acids is 2. The third kappa shape index (κ3) is 2.88. The molecule has 5 nitrogen and oxygen atoms in total. The van der Waals surface area contributed by atoms with Gasteiger partial charge in [-0.3, -0.25) is 9.69 Å². The van der Waals surface area contributed by atoms with Gasteiger partial charge in [0.15, 0.2) is 5.17 Å². The lowest BCUT2D eigenvalue weighted by Gasteiger charge is -2.38. The van der Waals surface area contributed by atoms with E-state index in [2.05, 4.69) is 4.99 Å². The molecular weight excluding hydrogens is 336 g/mol. The monoisotopic (exact) mass is 350 g/mol. The largest absolute Gasteiger partial charge is 0.466 e. The first kappa shape index (κ1) is 16.1. The number of esters is 1. The minimum atomic E-state index is -0.535. The van der Waals surface area contributed by atoms with Gasteiger partial charge < -0.3 is 4.74 Å². The van der Waals surface area contributed by atoms with Gasteiger partial charge in [-0.2, -0.15) is 0 Å². The summed E-state index contributed by atoms with van der Waals surface area (Å²) in [4.78, 5) is 30.8. The molecule has 1 atom stereocenters. The Bertz CT molecular complexity index is 727. The van der Waals surface area contributed by atoms with Crippen LogP contribution in [0.4, 0.5) is 0 Å². The number of hydrogen-bond acceptors (Lipinski definition) is 5. The Kier molecular flexibility index (Phi) is 4.46. The normalized spacial score (nSPS) is 21.0. The maximum atomic E-state index is 12.5. The number of fused-ring (bicyclic) bond motifs is 1. The van der Waals surface area contributed by atoms with Crippen molar-refractivity contribution in [2.75, 3.05) is 12.9 Å². The standard InChI is InChI=1S/C16H15ClN2O3S/c1-9-13(15(21)22-2)14(10-3-5-11(17)6-4-10)19-12(20)7-8-23-16(19)18-9/h3-6,14H,7-8H2,1-2H3/t14-/m0/s1. The zero-order chi connectivity index (χ0) is 16.6. The Balaban J connectivity index is 2.17. The highest BCUT2D eigenvalue weighted by Gasteiger charge is 2.41. The van der Waals surface area contributed by atoms with Crippen molar-refractivity contribution in [2.45, 2.75) is 19.4 Å². The van der Waals surface area contributed by atoms with Crippen molar-refractivity contribution in [2.24, 2.45) is 4.99 Å². The minimum absolute atomic E-state index is 0.0450. The summed E-state index contributed by atoms with van der Waals surface area (Å²) in [7, 11) is 1.33. The molecule has 0 radical (unpaired) electrons. The van der Waals surface area contributed by atoms with Crippen LogP contribution >= 0.6 is 23.4 Å². The van der Waals surface area contributed by atoms with E-state index in [1.165, 1.54) is 18.9 Å². The third-order valence-corrected chi connectivity index (χ3v) is 5.00. The molecule has 1 fully saturated rings. The van der Waals surface area contributed by atoms with Crippen LogP contribution in [0.2, 0.25) is 5.02 Å². The number of allylic oxidation sites excluding steroid dienone is 1. The Labute approximate surface area is 143 Å². The number of carbonyl (C=O) groups is 2. The molecule has 1 aromatic carbocycles. The summed E-state index contributed by atoms with van der Waals surface area (Å²) in [5, 5.41) is 1.23. The van der Waals surface area contributed by atoms with E-state index in [-0.39, 0.29) is 5.91 Å². The summed E-state index contributed by atoms with van der Waals surface area (Å²) in [6.07, 6.45) is 0.418. The smallest absolute Gasteiger partial charge is 0.338 e. The second-order valence-electron chi connectivity index (χ2n) is 5.20. The molecule has 1 amide bonds. The molecule has 2 aliphatic heterocycles. The summed E-state index contributed by atoms with van der Waals surface area (Å²) < 4.78 is 4.91. The number of amides is 1. The van der Waals surface area contributed by atoms with Crippen LogP contribution in [0.15, 0.2) is 40.5 Å². The number of benzene rings is 1. The molecule has 0 bridgehead atoms. The zero-order valence-corrected chi connectivity index (χ0v) is 14.3. The minimum Gasteiger partial charge on any atom is -0.466 e. The summed E-state index contributed by atoms with van der Waals surface area (Å²) in [5.41, 5.74) is 1.76. The fraction of sp³-hybridized carbons (Fsp3) is 0.312. The van der Waals surface area contributed by atoms with Crippen LogP contribution in [0, 0.1) is 0 Å². The second kappa shape index (κ2) is 6.37. The molecule has 0 unspecified atom stereocenters. The van der Waals surface area contributed by atoms with Crippen molar-refractivity contribution in [1.29, 1.82) is 0 Å². The Morgan fingerprint density at radius 2 is 2.09 bits per heavy atom. The van der Waals surface area contributed by atoms with Gasteiger partial charge in [0.2, 0.25) is 5.91 Å². The predicted molar refractivity (Wildman–Crippen MR) is 90.3 cm³/mol. The van der Waals surface area contributed by atoms with Gasteiger partial charge in [-0.15, -0.1) is 0 Å². The quantitative estimate of drug-likeness (QED) is 0.769. The number of rotatable bonds is 2. The average molecular weight is 351 g/mol. The molecule has 120 valence electrons. The molecule has 3 rings (SSSR count). The molecule has 0 aliphatic carbocycles. The Morgan fingerprint density at radius 3 is 2.74 bits per heavy atom. The average Bonchev–Trinajstić information content (AvgIpc) is 2.54. The van der Waals surface area contributed by atoms with E-state index in [1.807, 2.05) is 12.1 Å². The lowest BCUT2D eigenvalue weighted by Crippen LogP contribution is -2.45. The Morgan fingerprint density at radius 1 is 1.39 bits per heavy atom. The van der Waals surface area contributed by atoms with Crippen molar-refractivity contribution < 1.29 is 14.3 Å². The summed E-state index contributed by atoms with van der Waals surface area (Å²) in [6, 6.07) is 6.59. The number of nitrogens with zero attached hydrogens (tertiary/aromatic N) is 2. The molecule has 7 heteroatoms. The molecule has 2 heterocycles. The number of hydrogen-bond donors (Lipinski definition) is 0. The van der Waals surface area contributed by atoms with E-state index in [9.17, 15) is 9.59 Å². The van der Waals surface area contributed by atoms with Crippen molar-refractivity contribution in [3.05, 3.63) is 46.1 Å². The van der Waals surface area contributed by atoms with Gasteiger partial charge in [0.1, 0.15) is 0 Å². The fourth-order valence-corrected chi connectivity index (χ4v) is 3.86. The lowest BCUT2D eigenvalue weighted by molar-refractivity contribution is -0.137. The van der Waals surface area contributed by atoms with Gasteiger partial charge in [0.25, 0.3) is 0 Å². The highest BCUT2D eigenvalue weighted by atomic mass is 35.5. The number of thioether (sulfide) groups is 1. The third-order valence-electron chi connectivity index (χ3n) is 3.80. The second-order valence-corrected chi connectivity index (χ2v) is 6.70. The molecule has 0 aromatic heterocycles. The molecular formula is C16H15ClN2O3S. The van der Waals surface area contributed by atoms with Gasteiger partial charge in [0, 0.05) is 17.2 Å². The number of amidine groups is 1. The summed E-state index contributed by atoms with van der Waals surface area (Å²) in [5.74, 6) is 0.174. The number of aliphatic imine (C=N–C) groups is 1. The van der Waals surface area contributed by atoms with E-state index in [0.717, 1.165) is 5.56 Å². The van der Waals surface area contributed by atoms with Crippen LogP contribution in [0.3, 0.4) is 0 Å². The zero-order valence-electron chi connectivity index (χ0n) is 12.7. The first-order valence-electron chi connectivity index (χ1n) is 7.11. The predicted octanol–water partition coefficient (Wildman–Crippen LogP) is 3.16. The Hall–Kier alpha value is -1.79. The highest BCUT2D eigenvalue weighted by Crippen LogP contribution is 2.40. The van der Waals surface area contributed by atoms with E-state index in [0.29, 0.717) is 33.6 Å². The van der Waals surface area contributed by atoms with Crippen LogP contribution in [0.5, 0.6) is 0 Å². The molecule has 1 saturated heterocycles. The van der Waals surface area contributed by atoms with Crippen LogP contribution in [0.1, 0.15) is 24.9 Å². The van der Waals surface area contributed by atoms with Crippen LogP contribution in [-0.2, 0) is 14.3 Å². The maximum absolute atomic E-state index is 12.5. The van der Waals surface area contributed by atoms with Crippen molar-refractivity contribution in [3.63, 3.8) is 0 Å². The van der Waals surface area contributed by atoms with Crippen LogP contribution in [-0.4, -0.2) is 34.8 Å². The highest BCUT2D eigenvalue weighted by molar-refractivity contribution is 8.14. The molecule has 0 saturated carbocycles. The van der Waals surface area contributed by atoms with Crippen LogP contribution in [0.25, 0.3) is 0 Å². The van der Waals surface area contributed by atoms with E-state index in [4.69, 9.17) is 16.3 Å². The van der Waals surface area contributed by atoms with E-state index in [1.54, 1.807) is 24.0 Å². The molecule has 0 N–H and O–H groups in total. The van der Waals surface area contributed by atoms with E-state index >= 15 is 0 Å². The van der Waals surface area contributed by atoms with Crippen molar-refractivity contribution in [1.82, 2.24) is 4.90 Å². The molecule has 0 spiro atoms. The molecule has 2 aliphatic rings. The van der Waals surface area contributed by atoms with E-state index < -0.39 is 12.0 Å². The van der Waals surface area contributed by atoms with Crippen molar-refractivity contribution in [3.8, 4) is 0 Å². The first-order chi connectivity index (χ1) is 11.0. The summed E-state index contributed by atoms with van der Waals surface area (Å²) >= 11 is 7.48. The maximum Gasteiger partial charge on any atom is 0.338 e. The molecule has 1 aromatic rings. The number of ether oxygens (including phenoxy) is 1. The SMILES string of the molecule is COC(=O)C1=C(C)N=C2SCCC(=O)N2[C@H]1c1ccc(Cl)cc1. The van der Waals surface area contributed by atoms with Crippen LogP contribution < -0.4 is 0 Å². The van der Waals surface area contributed by atoms with Gasteiger partial charge in [-0.1, -0.05) is 35.5 Å². The van der Waals surface area contributed by atoms with Gasteiger partial charge in [-0.05, 0) is 24.6 Å². The molecule has 23 heavy (non-hydrogen) atoms. The fourth-order valence-electron chi connectivity index (χ4n) is 2.73. The topological polar surface area (TPSA) is 59.0 Å². The first-order valence-corrected chi connectivity index (χ1v) is 8.47.